The van der Waals surface area contributed by atoms with Gasteiger partial charge in [0.2, 0.25) is 0 Å². The maximum Gasteiger partial charge on any atom is 0.294 e. The van der Waals surface area contributed by atoms with Gasteiger partial charge >= 0.3 is 0 Å². The molecule has 1 atom stereocenters. The highest BCUT2D eigenvalue weighted by molar-refractivity contribution is 4.59. The SMILES string of the molecule is CCCCCCCCCCC(N)CO[N+](=O)[O-]. The Kier molecular flexibility index (Phi) is 11.1. The minimum absolute atomic E-state index is 0.0174. The maximum atomic E-state index is 9.93. The molecule has 0 saturated heterocycles. The molecule has 0 heterocycles. The van der Waals surface area contributed by atoms with Gasteiger partial charge in [0.25, 0.3) is 5.09 Å². The van der Waals surface area contributed by atoms with Gasteiger partial charge in [-0.25, -0.2) is 0 Å². The summed E-state index contributed by atoms with van der Waals surface area (Å²) in [6.45, 7) is 2.23. The van der Waals surface area contributed by atoms with Crippen molar-refractivity contribution in [3.8, 4) is 0 Å². The highest BCUT2D eigenvalue weighted by Gasteiger charge is 2.04. The third kappa shape index (κ3) is 13.1. The second-order valence-corrected chi connectivity index (χ2v) is 4.54. The lowest BCUT2D eigenvalue weighted by atomic mass is 10.1. The molecule has 0 bridgehead atoms. The van der Waals surface area contributed by atoms with Crippen LogP contribution in [-0.4, -0.2) is 17.7 Å². The van der Waals surface area contributed by atoms with Gasteiger partial charge in [0.15, 0.2) is 0 Å². The summed E-state index contributed by atoms with van der Waals surface area (Å²) in [7, 11) is 0. The average Bonchev–Trinajstić information content (AvgIpc) is 2.30. The van der Waals surface area contributed by atoms with Crippen molar-refractivity contribution in [2.45, 2.75) is 70.8 Å². The quantitative estimate of drug-likeness (QED) is 0.326. The lowest BCUT2D eigenvalue weighted by molar-refractivity contribution is -0.758. The molecule has 0 aliphatic carbocycles. The summed E-state index contributed by atoms with van der Waals surface area (Å²) in [5.41, 5.74) is 5.67. The highest BCUT2D eigenvalue weighted by Crippen LogP contribution is 2.10. The van der Waals surface area contributed by atoms with E-state index >= 15 is 0 Å². The van der Waals surface area contributed by atoms with Crippen LogP contribution in [0.2, 0.25) is 0 Å². The van der Waals surface area contributed by atoms with Gasteiger partial charge in [0, 0.05) is 6.04 Å². The molecule has 0 aromatic rings. The Balaban J connectivity index is 3.13. The number of nitrogens with two attached hydrogens (primary N) is 1. The number of rotatable bonds is 12. The van der Waals surface area contributed by atoms with Crippen LogP contribution in [0.1, 0.15) is 64.7 Å². The second-order valence-electron chi connectivity index (χ2n) is 4.54. The largest absolute Gasteiger partial charge is 0.326 e. The summed E-state index contributed by atoms with van der Waals surface area (Å²) in [6, 6.07) is -0.208. The third-order valence-corrected chi connectivity index (χ3v) is 2.82. The Labute approximate surface area is 104 Å². The predicted molar refractivity (Wildman–Crippen MR) is 68.1 cm³/mol. The Morgan fingerprint density at radius 3 is 2.18 bits per heavy atom. The molecule has 0 spiro atoms. The maximum absolute atomic E-state index is 9.93. The van der Waals surface area contributed by atoms with Crippen LogP contribution in [-0.2, 0) is 4.84 Å². The zero-order valence-electron chi connectivity index (χ0n) is 10.9. The molecular weight excluding hydrogens is 220 g/mol. The Bertz CT molecular complexity index is 189. The molecule has 2 N–H and O–H groups in total. The molecule has 0 radical (unpaired) electrons. The summed E-state index contributed by atoms with van der Waals surface area (Å²) in [4.78, 5) is 14.2. The molecule has 0 rings (SSSR count). The first-order valence-corrected chi connectivity index (χ1v) is 6.69. The number of hydrogen-bond donors (Lipinski definition) is 1. The fourth-order valence-corrected chi connectivity index (χ4v) is 1.78. The van der Waals surface area contributed by atoms with Gasteiger partial charge in [-0.1, -0.05) is 58.3 Å². The van der Waals surface area contributed by atoms with E-state index in [0.717, 1.165) is 19.3 Å². The fraction of sp³-hybridized carbons (Fsp3) is 1.00. The topological polar surface area (TPSA) is 78.4 Å². The molecule has 0 aromatic heterocycles. The smallest absolute Gasteiger partial charge is 0.294 e. The average molecular weight is 246 g/mol. The summed E-state index contributed by atoms with van der Waals surface area (Å²) < 4.78 is 0. The van der Waals surface area contributed by atoms with Crippen LogP contribution in [0.25, 0.3) is 0 Å². The normalized spacial score (nSPS) is 12.4. The van der Waals surface area contributed by atoms with Crippen LogP contribution in [0.15, 0.2) is 0 Å². The predicted octanol–water partition coefficient (Wildman–Crippen LogP) is 3.05. The van der Waals surface area contributed by atoms with Crippen LogP contribution in [0.4, 0.5) is 0 Å². The lowest BCUT2D eigenvalue weighted by Gasteiger charge is -2.09. The lowest BCUT2D eigenvalue weighted by Crippen LogP contribution is -2.27. The van der Waals surface area contributed by atoms with Crippen LogP contribution >= 0.6 is 0 Å². The first kappa shape index (κ1) is 16.2. The third-order valence-electron chi connectivity index (χ3n) is 2.82. The van der Waals surface area contributed by atoms with E-state index in [2.05, 4.69) is 11.8 Å². The van der Waals surface area contributed by atoms with Crippen molar-refractivity contribution < 1.29 is 9.92 Å². The molecule has 0 aliphatic heterocycles. The molecule has 1 unspecified atom stereocenters. The molecule has 0 saturated carbocycles. The van der Waals surface area contributed by atoms with Crippen molar-refractivity contribution in [1.29, 1.82) is 0 Å². The van der Waals surface area contributed by atoms with E-state index in [0.29, 0.717) is 0 Å². The molecule has 17 heavy (non-hydrogen) atoms. The van der Waals surface area contributed by atoms with Gasteiger partial charge in [-0.3, -0.25) is 0 Å². The second kappa shape index (κ2) is 11.6. The van der Waals surface area contributed by atoms with Gasteiger partial charge in [-0.2, -0.15) is 0 Å². The Hall–Kier alpha value is -0.840. The Morgan fingerprint density at radius 2 is 1.65 bits per heavy atom. The van der Waals surface area contributed by atoms with Crippen LogP contribution in [0.3, 0.4) is 0 Å². The standard InChI is InChI=1S/C12H26N2O3/c1-2-3-4-5-6-7-8-9-10-12(13)11-17-14(15)16/h12H,2-11,13H2,1H3. The van der Waals surface area contributed by atoms with E-state index < -0.39 is 5.09 Å². The minimum atomic E-state index is -0.784. The molecule has 5 heteroatoms. The monoisotopic (exact) mass is 246 g/mol. The van der Waals surface area contributed by atoms with E-state index in [1.54, 1.807) is 0 Å². The van der Waals surface area contributed by atoms with Gasteiger partial charge < -0.3 is 10.6 Å². The van der Waals surface area contributed by atoms with Crippen molar-refractivity contribution in [1.82, 2.24) is 0 Å². The minimum Gasteiger partial charge on any atom is -0.326 e. The first-order chi connectivity index (χ1) is 8.16. The number of unbranched alkanes of at least 4 members (excludes halogenated alkanes) is 7. The molecule has 0 aromatic carbocycles. The number of hydrogen-bond acceptors (Lipinski definition) is 4. The molecule has 0 fully saturated rings. The molecule has 102 valence electrons. The zero-order valence-corrected chi connectivity index (χ0v) is 10.9. The zero-order chi connectivity index (χ0) is 12.9. The van der Waals surface area contributed by atoms with E-state index in [4.69, 9.17) is 5.73 Å². The number of nitrogens with zero attached hydrogens (tertiary/aromatic N) is 1. The van der Waals surface area contributed by atoms with Crippen LogP contribution < -0.4 is 5.73 Å². The molecular formula is C12H26N2O3. The van der Waals surface area contributed by atoms with Gasteiger partial charge in [0.05, 0.1) is 0 Å². The van der Waals surface area contributed by atoms with E-state index in [-0.39, 0.29) is 12.6 Å². The van der Waals surface area contributed by atoms with Crippen molar-refractivity contribution >= 4 is 0 Å². The van der Waals surface area contributed by atoms with Gasteiger partial charge in [-0.05, 0) is 6.42 Å². The van der Waals surface area contributed by atoms with Crippen LogP contribution in [0, 0.1) is 10.1 Å². The molecule has 5 nitrogen and oxygen atoms in total. The van der Waals surface area contributed by atoms with E-state index in [1.807, 2.05) is 0 Å². The first-order valence-electron chi connectivity index (χ1n) is 6.69. The van der Waals surface area contributed by atoms with Crippen molar-refractivity contribution in [3.05, 3.63) is 10.1 Å². The Morgan fingerprint density at radius 1 is 1.12 bits per heavy atom. The summed E-state index contributed by atoms with van der Waals surface area (Å²) >= 11 is 0. The van der Waals surface area contributed by atoms with E-state index in [9.17, 15) is 10.1 Å². The fourth-order valence-electron chi connectivity index (χ4n) is 1.78. The van der Waals surface area contributed by atoms with Crippen molar-refractivity contribution in [2.75, 3.05) is 6.61 Å². The van der Waals surface area contributed by atoms with Gasteiger partial charge in [-0.15, -0.1) is 10.1 Å². The van der Waals surface area contributed by atoms with E-state index in [1.165, 1.54) is 38.5 Å². The van der Waals surface area contributed by atoms with Crippen LogP contribution in [0.5, 0.6) is 0 Å². The highest BCUT2D eigenvalue weighted by atomic mass is 16.9. The van der Waals surface area contributed by atoms with Gasteiger partial charge in [0.1, 0.15) is 6.61 Å². The summed E-state index contributed by atoms with van der Waals surface area (Å²) in [6.07, 6.45) is 10.8. The van der Waals surface area contributed by atoms with Crippen molar-refractivity contribution in [2.24, 2.45) is 5.73 Å². The molecule has 0 amide bonds. The molecule has 0 aliphatic rings. The van der Waals surface area contributed by atoms with Crippen molar-refractivity contribution in [3.63, 3.8) is 0 Å². The summed E-state index contributed by atoms with van der Waals surface area (Å²) in [5, 5.41) is 9.15. The summed E-state index contributed by atoms with van der Waals surface area (Å²) in [5.74, 6) is 0.